The molecule has 1 fully saturated rings. The number of likely N-dealkylation sites (tertiary alicyclic amines) is 1. The molecule has 0 spiro atoms. The Morgan fingerprint density at radius 2 is 2.16 bits per heavy atom. The van der Waals surface area contributed by atoms with Crippen molar-refractivity contribution in [3.05, 3.63) is 52.5 Å². The number of anilines is 1. The van der Waals surface area contributed by atoms with Crippen molar-refractivity contribution in [3.8, 4) is 0 Å². The highest BCUT2D eigenvalue weighted by Crippen LogP contribution is 2.19. The van der Waals surface area contributed by atoms with Crippen molar-refractivity contribution in [1.82, 2.24) is 10.2 Å². The lowest BCUT2D eigenvalue weighted by Gasteiger charge is -2.32. The molecule has 3 rings (SSSR count). The van der Waals surface area contributed by atoms with E-state index in [2.05, 4.69) is 10.6 Å². The number of nitrogens with one attached hydrogen (secondary N) is 2. The molecule has 2 N–H and O–H groups in total. The van der Waals surface area contributed by atoms with E-state index in [4.69, 9.17) is 0 Å². The van der Waals surface area contributed by atoms with Gasteiger partial charge in [0.25, 0.3) is 0 Å². The van der Waals surface area contributed by atoms with Crippen LogP contribution in [0.3, 0.4) is 0 Å². The minimum Gasteiger partial charge on any atom is -0.333 e. The van der Waals surface area contributed by atoms with Crippen LogP contribution in [0.4, 0.5) is 14.9 Å². The standard InChI is InChI=1S/C18H20FN3O2S/c19-14-5-1-6-15(10-14)21-17(23)13-4-2-8-22(12-13)18(24)20-11-16-7-3-9-25-16/h1,3,5-7,9-10,13H,2,4,8,11-12H2,(H,20,24)(H,21,23). The fourth-order valence-electron chi connectivity index (χ4n) is 2.87. The number of carbonyl (C=O) groups excluding carboxylic acids is 2. The molecule has 1 aromatic heterocycles. The molecule has 132 valence electrons. The fraction of sp³-hybridized carbons (Fsp3) is 0.333. The van der Waals surface area contributed by atoms with E-state index >= 15 is 0 Å². The van der Waals surface area contributed by atoms with Gasteiger partial charge in [0.05, 0.1) is 12.5 Å². The van der Waals surface area contributed by atoms with Crippen molar-refractivity contribution in [2.24, 2.45) is 5.92 Å². The molecule has 1 unspecified atom stereocenters. The summed E-state index contributed by atoms with van der Waals surface area (Å²) in [5.41, 5.74) is 0.435. The Bertz CT molecular complexity index is 736. The van der Waals surface area contributed by atoms with Gasteiger partial charge in [-0.05, 0) is 42.5 Å². The molecule has 1 atom stereocenters. The topological polar surface area (TPSA) is 61.4 Å². The molecule has 3 amide bonds. The van der Waals surface area contributed by atoms with E-state index in [-0.39, 0.29) is 17.9 Å². The van der Waals surface area contributed by atoms with Gasteiger partial charge in [0.2, 0.25) is 5.91 Å². The second kappa shape index (κ2) is 8.11. The highest BCUT2D eigenvalue weighted by molar-refractivity contribution is 7.09. The lowest BCUT2D eigenvalue weighted by molar-refractivity contribution is -0.121. The number of thiophene rings is 1. The van der Waals surface area contributed by atoms with Gasteiger partial charge in [-0.15, -0.1) is 11.3 Å². The summed E-state index contributed by atoms with van der Waals surface area (Å²) in [4.78, 5) is 27.5. The fourth-order valence-corrected chi connectivity index (χ4v) is 3.52. The summed E-state index contributed by atoms with van der Waals surface area (Å²) in [5.74, 6) is -0.859. The van der Waals surface area contributed by atoms with Crippen molar-refractivity contribution in [2.45, 2.75) is 19.4 Å². The van der Waals surface area contributed by atoms with Gasteiger partial charge in [-0.2, -0.15) is 0 Å². The lowest BCUT2D eigenvalue weighted by Crippen LogP contribution is -2.47. The van der Waals surface area contributed by atoms with Gasteiger partial charge in [-0.25, -0.2) is 9.18 Å². The van der Waals surface area contributed by atoms with Crippen molar-refractivity contribution in [2.75, 3.05) is 18.4 Å². The van der Waals surface area contributed by atoms with E-state index in [9.17, 15) is 14.0 Å². The van der Waals surface area contributed by atoms with Crippen molar-refractivity contribution >= 4 is 29.0 Å². The van der Waals surface area contributed by atoms with Crippen LogP contribution in [-0.2, 0) is 11.3 Å². The Hall–Kier alpha value is -2.41. The van der Waals surface area contributed by atoms with Crippen LogP contribution >= 0.6 is 11.3 Å². The molecule has 0 radical (unpaired) electrons. The highest BCUT2D eigenvalue weighted by atomic mass is 32.1. The maximum atomic E-state index is 13.2. The van der Waals surface area contributed by atoms with Crippen LogP contribution < -0.4 is 10.6 Å². The Kier molecular flexibility index (Phi) is 5.65. The van der Waals surface area contributed by atoms with E-state index in [1.807, 2.05) is 17.5 Å². The maximum Gasteiger partial charge on any atom is 0.317 e. The number of hydrogen-bond donors (Lipinski definition) is 2. The van der Waals surface area contributed by atoms with Crippen molar-refractivity contribution < 1.29 is 14.0 Å². The SMILES string of the molecule is O=C(Nc1cccc(F)c1)C1CCCN(C(=O)NCc2cccs2)C1. The molecule has 0 aliphatic carbocycles. The molecule has 0 bridgehead atoms. The van der Waals surface area contributed by atoms with Gasteiger partial charge < -0.3 is 15.5 Å². The summed E-state index contributed by atoms with van der Waals surface area (Å²) in [6, 6.07) is 9.57. The molecular weight excluding hydrogens is 341 g/mol. The van der Waals surface area contributed by atoms with E-state index in [0.717, 1.165) is 17.7 Å². The van der Waals surface area contributed by atoms with Crippen LogP contribution in [0.25, 0.3) is 0 Å². The predicted octanol–water partition coefficient (Wildman–Crippen LogP) is 3.45. The Balaban J connectivity index is 1.53. The molecule has 7 heteroatoms. The average molecular weight is 361 g/mol. The first-order chi connectivity index (χ1) is 12.1. The molecule has 1 aromatic carbocycles. The van der Waals surface area contributed by atoms with Crippen LogP contribution in [0.1, 0.15) is 17.7 Å². The summed E-state index contributed by atoms with van der Waals surface area (Å²) >= 11 is 1.59. The van der Waals surface area contributed by atoms with Gasteiger partial charge in [-0.1, -0.05) is 12.1 Å². The number of halogens is 1. The number of rotatable bonds is 4. The zero-order valence-corrected chi connectivity index (χ0v) is 14.5. The Morgan fingerprint density at radius 3 is 2.92 bits per heavy atom. The van der Waals surface area contributed by atoms with E-state index in [1.165, 1.54) is 12.1 Å². The van der Waals surface area contributed by atoms with Crippen LogP contribution in [0.15, 0.2) is 41.8 Å². The average Bonchev–Trinajstić information content (AvgIpc) is 3.13. The lowest BCUT2D eigenvalue weighted by atomic mass is 9.97. The number of carbonyl (C=O) groups is 2. The van der Waals surface area contributed by atoms with E-state index in [1.54, 1.807) is 28.4 Å². The van der Waals surface area contributed by atoms with Crippen LogP contribution in [-0.4, -0.2) is 29.9 Å². The third kappa shape index (κ3) is 4.79. The molecule has 1 saturated heterocycles. The zero-order valence-electron chi connectivity index (χ0n) is 13.7. The smallest absolute Gasteiger partial charge is 0.317 e. The molecule has 1 aliphatic rings. The zero-order chi connectivity index (χ0) is 17.6. The molecule has 25 heavy (non-hydrogen) atoms. The summed E-state index contributed by atoms with van der Waals surface area (Å²) in [7, 11) is 0. The van der Waals surface area contributed by atoms with E-state index < -0.39 is 5.82 Å². The van der Waals surface area contributed by atoms with Crippen LogP contribution in [0, 0.1) is 11.7 Å². The first-order valence-corrected chi connectivity index (χ1v) is 9.11. The van der Waals surface area contributed by atoms with Crippen molar-refractivity contribution in [1.29, 1.82) is 0 Å². The maximum absolute atomic E-state index is 13.2. The third-order valence-electron chi connectivity index (χ3n) is 4.17. The second-order valence-corrected chi connectivity index (χ2v) is 7.06. The van der Waals surface area contributed by atoms with Crippen LogP contribution in [0.2, 0.25) is 0 Å². The molecular formula is C18H20FN3O2S. The monoisotopic (exact) mass is 361 g/mol. The Labute approximate surface area is 149 Å². The number of benzene rings is 1. The normalized spacial score (nSPS) is 17.2. The van der Waals surface area contributed by atoms with Crippen LogP contribution in [0.5, 0.6) is 0 Å². The minimum absolute atomic E-state index is 0.156. The van der Waals surface area contributed by atoms with Gasteiger partial charge in [-0.3, -0.25) is 4.79 Å². The quantitative estimate of drug-likeness (QED) is 0.876. The first kappa shape index (κ1) is 17.4. The molecule has 2 heterocycles. The number of amides is 3. The number of nitrogens with zero attached hydrogens (tertiary/aromatic N) is 1. The Morgan fingerprint density at radius 1 is 1.28 bits per heavy atom. The van der Waals surface area contributed by atoms with E-state index in [0.29, 0.717) is 25.3 Å². The summed E-state index contributed by atoms with van der Waals surface area (Å²) < 4.78 is 13.2. The van der Waals surface area contributed by atoms with Crippen molar-refractivity contribution in [3.63, 3.8) is 0 Å². The van der Waals surface area contributed by atoms with Gasteiger partial charge in [0, 0.05) is 23.7 Å². The number of urea groups is 1. The predicted molar refractivity (Wildman–Crippen MR) is 95.9 cm³/mol. The molecule has 5 nitrogen and oxygen atoms in total. The van der Waals surface area contributed by atoms with Gasteiger partial charge >= 0.3 is 6.03 Å². The molecule has 1 aliphatic heterocycles. The molecule has 2 aromatic rings. The molecule has 0 saturated carbocycles. The second-order valence-electron chi connectivity index (χ2n) is 6.02. The number of hydrogen-bond acceptors (Lipinski definition) is 3. The summed E-state index contributed by atoms with van der Waals surface area (Å²) in [5, 5.41) is 7.59. The number of piperidine rings is 1. The minimum atomic E-state index is -0.393. The summed E-state index contributed by atoms with van der Waals surface area (Å²) in [6.07, 6.45) is 1.49. The first-order valence-electron chi connectivity index (χ1n) is 8.23. The third-order valence-corrected chi connectivity index (χ3v) is 5.04. The van der Waals surface area contributed by atoms with Gasteiger partial charge in [0.1, 0.15) is 5.82 Å². The largest absolute Gasteiger partial charge is 0.333 e. The van der Waals surface area contributed by atoms with Gasteiger partial charge in [0.15, 0.2) is 0 Å². The highest BCUT2D eigenvalue weighted by Gasteiger charge is 2.28. The summed E-state index contributed by atoms with van der Waals surface area (Å²) in [6.45, 7) is 1.50.